The van der Waals surface area contributed by atoms with E-state index >= 15 is 0 Å². The van der Waals surface area contributed by atoms with Gasteiger partial charge < -0.3 is 10.6 Å². The van der Waals surface area contributed by atoms with E-state index in [4.69, 9.17) is 0 Å². The summed E-state index contributed by atoms with van der Waals surface area (Å²) in [5.74, 6) is 1.12. The lowest BCUT2D eigenvalue weighted by atomic mass is 9.78. The number of amides is 1. The molecule has 0 radical (unpaired) electrons. The first-order valence-electron chi connectivity index (χ1n) is 8.86. The third-order valence-corrected chi connectivity index (χ3v) is 5.98. The van der Waals surface area contributed by atoms with Crippen LogP contribution in [0, 0.1) is 11.8 Å². The molecule has 1 saturated heterocycles. The molecule has 0 bridgehead atoms. The van der Waals surface area contributed by atoms with Gasteiger partial charge in [-0.15, -0.1) is 12.4 Å². The summed E-state index contributed by atoms with van der Waals surface area (Å²) >= 11 is 0. The summed E-state index contributed by atoms with van der Waals surface area (Å²) in [5, 5.41) is 6.66. The first-order chi connectivity index (χ1) is 10.8. The highest BCUT2D eigenvalue weighted by Crippen LogP contribution is 2.60. The van der Waals surface area contributed by atoms with Crippen molar-refractivity contribution in [1.82, 2.24) is 10.6 Å². The molecule has 1 saturated carbocycles. The Bertz CT molecular complexity index is 570. The summed E-state index contributed by atoms with van der Waals surface area (Å²) in [4.78, 5) is 12.6. The van der Waals surface area contributed by atoms with Crippen molar-refractivity contribution in [1.29, 1.82) is 0 Å². The van der Waals surface area contributed by atoms with E-state index in [-0.39, 0.29) is 23.7 Å². The average molecular weight is 335 g/mol. The third-order valence-electron chi connectivity index (χ3n) is 5.98. The van der Waals surface area contributed by atoms with Crippen LogP contribution in [-0.4, -0.2) is 25.5 Å². The molecule has 2 fully saturated rings. The molecule has 1 amide bonds. The van der Waals surface area contributed by atoms with Crippen LogP contribution in [0.3, 0.4) is 0 Å². The molecule has 23 heavy (non-hydrogen) atoms. The average Bonchev–Trinajstić information content (AvgIpc) is 3.29. The normalized spacial score (nSPS) is 31.8. The van der Waals surface area contributed by atoms with Crippen LogP contribution >= 0.6 is 12.4 Å². The highest BCUT2D eigenvalue weighted by atomic mass is 35.5. The number of carbonyl (C=O) groups excluding carboxylic acids is 1. The topological polar surface area (TPSA) is 41.1 Å². The number of piperidine rings is 1. The fraction of sp³-hybridized carbons (Fsp3) is 0.632. The van der Waals surface area contributed by atoms with E-state index in [1.807, 2.05) is 0 Å². The van der Waals surface area contributed by atoms with Gasteiger partial charge in [-0.25, -0.2) is 0 Å². The number of halogens is 1. The Kier molecular flexibility index (Phi) is 4.98. The van der Waals surface area contributed by atoms with Crippen LogP contribution in [0.4, 0.5) is 0 Å². The molecule has 126 valence electrons. The van der Waals surface area contributed by atoms with Crippen molar-refractivity contribution < 1.29 is 4.79 Å². The van der Waals surface area contributed by atoms with Crippen LogP contribution in [-0.2, 0) is 16.6 Å². The lowest BCUT2D eigenvalue weighted by Gasteiger charge is -2.27. The number of benzene rings is 1. The SMILES string of the molecule is Cl.O=C(NCC1CCCNC1)C1CC12CCCc1ccccc12. The van der Waals surface area contributed by atoms with E-state index < -0.39 is 0 Å². The maximum absolute atomic E-state index is 12.6. The second-order valence-electron chi connectivity index (χ2n) is 7.38. The van der Waals surface area contributed by atoms with Gasteiger partial charge in [0.25, 0.3) is 0 Å². The van der Waals surface area contributed by atoms with Gasteiger partial charge >= 0.3 is 0 Å². The van der Waals surface area contributed by atoms with Crippen LogP contribution in [0.15, 0.2) is 24.3 Å². The lowest BCUT2D eigenvalue weighted by Crippen LogP contribution is -2.39. The van der Waals surface area contributed by atoms with E-state index in [1.165, 1.54) is 43.2 Å². The van der Waals surface area contributed by atoms with E-state index in [0.717, 1.165) is 26.1 Å². The summed E-state index contributed by atoms with van der Waals surface area (Å²) in [6.45, 7) is 3.03. The molecule has 3 aliphatic rings. The predicted octanol–water partition coefficient (Wildman–Crippen LogP) is 2.82. The molecule has 0 aromatic heterocycles. The Balaban J connectivity index is 0.00000156. The lowest BCUT2D eigenvalue weighted by molar-refractivity contribution is -0.123. The Morgan fingerprint density at radius 3 is 3.00 bits per heavy atom. The summed E-state index contributed by atoms with van der Waals surface area (Å²) in [6.07, 6.45) is 7.13. The van der Waals surface area contributed by atoms with E-state index in [1.54, 1.807) is 0 Å². The van der Waals surface area contributed by atoms with Crippen molar-refractivity contribution in [3.8, 4) is 0 Å². The number of rotatable bonds is 3. The van der Waals surface area contributed by atoms with E-state index in [9.17, 15) is 4.79 Å². The largest absolute Gasteiger partial charge is 0.356 e. The third kappa shape index (κ3) is 3.14. The van der Waals surface area contributed by atoms with Crippen LogP contribution in [0.25, 0.3) is 0 Å². The molecule has 3 unspecified atom stereocenters. The number of fused-ring (bicyclic) bond motifs is 2. The zero-order valence-electron chi connectivity index (χ0n) is 13.6. The van der Waals surface area contributed by atoms with Gasteiger partial charge in [-0.2, -0.15) is 0 Å². The van der Waals surface area contributed by atoms with Crippen molar-refractivity contribution in [2.24, 2.45) is 11.8 Å². The highest BCUT2D eigenvalue weighted by molar-refractivity contribution is 5.85. The summed E-state index contributed by atoms with van der Waals surface area (Å²) in [6, 6.07) is 8.77. The van der Waals surface area contributed by atoms with Crippen LogP contribution < -0.4 is 10.6 Å². The zero-order chi connectivity index (χ0) is 15.0. The van der Waals surface area contributed by atoms with Crippen molar-refractivity contribution in [2.75, 3.05) is 19.6 Å². The second kappa shape index (κ2) is 6.82. The number of aryl methyl sites for hydroxylation is 1. The summed E-state index contributed by atoms with van der Waals surface area (Å²) < 4.78 is 0. The minimum atomic E-state index is 0. The number of hydrogen-bond donors (Lipinski definition) is 2. The van der Waals surface area contributed by atoms with Gasteiger partial charge in [0.2, 0.25) is 5.91 Å². The highest BCUT2D eigenvalue weighted by Gasteiger charge is 2.59. The molecule has 1 spiro atoms. The van der Waals surface area contributed by atoms with Crippen molar-refractivity contribution in [3.63, 3.8) is 0 Å². The molecule has 2 N–H and O–H groups in total. The maximum Gasteiger partial charge on any atom is 0.224 e. The van der Waals surface area contributed by atoms with Gasteiger partial charge in [0, 0.05) is 17.9 Å². The quantitative estimate of drug-likeness (QED) is 0.892. The van der Waals surface area contributed by atoms with Gasteiger partial charge in [-0.3, -0.25) is 4.79 Å². The smallest absolute Gasteiger partial charge is 0.224 e. The molecule has 1 heterocycles. The Hall–Kier alpha value is -1.06. The fourth-order valence-electron chi connectivity index (χ4n) is 4.64. The maximum atomic E-state index is 12.6. The first kappa shape index (κ1) is 16.8. The van der Waals surface area contributed by atoms with E-state index in [0.29, 0.717) is 11.8 Å². The Morgan fingerprint density at radius 1 is 1.30 bits per heavy atom. The summed E-state index contributed by atoms with van der Waals surface area (Å²) in [7, 11) is 0. The van der Waals surface area contributed by atoms with Gasteiger partial charge in [0.1, 0.15) is 0 Å². The molecule has 3 nitrogen and oxygen atoms in total. The molecule has 1 aliphatic heterocycles. The predicted molar refractivity (Wildman–Crippen MR) is 95.0 cm³/mol. The van der Waals surface area contributed by atoms with Crippen LogP contribution in [0.5, 0.6) is 0 Å². The minimum absolute atomic E-state index is 0. The van der Waals surface area contributed by atoms with Gasteiger partial charge in [-0.1, -0.05) is 24.3 Å². The van der Waals surface area contributed by atoms with Crippen LogP contribution in [0.2, 0.25) is 0 Å². The summed E-state index contributed by atoms with van der Waals surface area (Å²) in [5.41, 5.74) is 3.10. The Morgan fingerprint density at radius 2 is 2.17 bits per heavy atom. The molecular formula is C19H27ClN2O. The van der Waals surface area contributed by atoms with Crippen molar-refractivity contribution >= 4 is 18.3 Å². The molecule has 2 aliphatic carbocycles. The monoisotopic (exact) mass is 334 g/mol. The number of carbonyl (C=O) groups is 1. The van der Waals surface area contributed by atoms with Gasteiger partial charge in [-0.05, 0) is 68.7 Å². The molecule has 4 heteroatoms. The van der Waals surface area contributed by atoms with Crippen molar-refractivity contribution in [3.05, 3.63) is 35.4 Å². The van der Waals surface area contributed by atoms with Crippen LogP contribution in [0.1, 0.15) is 43.2 Å². The van der Waals surface area contributed by atoms with E-state index in [2.05, 4.69) is 34.9 Å². The minimum Gasteiger partial charge on any atom is -0.356 e. The molecule has 1 aromatic rings. The first-order valence-corrected chi connectivity index (χ1v) is 8.86. The standard InChI is InChI=1S/C19H26N2O.ClH/c22-18(21-13-14-5-4-10-20-12-14)17-11-19(17)9-3-7-15-6-1-2-8-16(15)19;/h1-2,6,8,14,17,20H,3-5,7,9-13H2,(H,21,22);1H. The second-order valence-corrected chi connectivity index (χ2v) is 7.38. The fourth-order valence-corrected chi connectivity index (χ4v) is 4.64. The van der Waals surface area contributed by atoms with Crippen molar-refractivity contribution in [2.45, 2.75) is 43.9 Å². The van der Waals surface area contributed by atoms with Gasteiger partial charge in [0.05, 0.1) is 0 Å². The number of nitrogens with one attached hydrogen (secondary N) is 2. The molecule has 3 atom stereocenters. The molecular weight excluding hydrogens is 308 g/mol. The van der Waals surface area contributed by atoms with Gasteiger partial charge in [0.15, 0.2) is 0 Å². The molecule has 1 aromatic carbocycles. The molecule has 4 rings (SSSR count). The number of hydrogen-bond acceptors (Lipinski definition) is 2. The Labute approximate surface area is 145 Å². The zero-order valence-corrected chi connectivity index (χ0v) is 14.5.